The van der Waals surface area contributed by atoms with E-state index in [1.807, 2.05) is 11.8 Å². The van der Waals surface area contributed by atoms with Crippen molar-refractivity contribution < 1.29 is 4.74 Å². The number of benzene rings is 1. The van der Waals surface area contributed by atoms with Gasteiger partial charge in [-0.25, -0.2) is 0 Å². The van der Waals surface area contributed by atoms with Gasteiger partial charge < -0.3 is 10.1 Å². The van der Waals surface area contributed by atoms with E-state index < -0.39 is 0 Å². The molecule has 1 N–H and O–H groups in total. The zero-order chi connectivity index (χ0) is 14.8. The van der Waals surface area contributed by atoms with Crippen molar-refractivity contribution in [2.75, 3.05) is 12.4 Å². The molecule has 0 amide bonds. The molecule has 5 heteroatoms. The van der Waals surface area contributed by atoms with E-state index in [1.54, 1.807) is 0 Å². The summed E-state index contributed by atoms with van der Waals surface area (Å²) in [5.41, 5.74) is 2.48. The van der Waals surface area contributed by atoms with Gasteiger partial charge in [-0.15, -0.1) is 0 Å². The van der Waals surface area contributed by atoms with Gasteiger partial charge >= 0.3 is 0 Å². The monoisotopic (exact) mass is 368 g/mol. The minimum atomic E-state index is 0.568. The lowest BCUT2D eigenvalue weighted by molar-refractivity contribution is 0.353. The van der Waals surface area contributed by atoms with Crippen LogP contribution in [0.1, 0.15) is 31.4 Å². The van der Waals surface area contributed by atoms with Crippen LogP contribution in [-0.4, -0.2) is 23.6 Å². The number of amidine groups is 1. The third-order valence-corrected chi connectivity index (χ3v) is 5.27. The lowest BCUT2D eigenvalue weighted by atomic mass is 10.1. The summed E-state index contributed by atoms with van der Waals surface area (Å²) in [6.45, 7) is 6.01. The van der Waals surface area contributed by atoms with Crippen LogP contribution >= 0.6 is 27.7 Å². The van der Waals surface area contributed by atoms with Crippen LogP contribution in [0, 0.1) is 5.92 Å². The normalized spacial score (nSPS) is 22.5. The molecule has 0 aliphatic carbocycles. The van der Waals surface area contributed by atoms with Crippen LogP contribution in [0.4, 0.5) is 0 Å². The lowest BCUT2D eigenvalue weighted by Crippen LogP contribution is -2.28. The van der Waals surface area contributed by atoms with E-state index in [0.29, 0.717) is 12.6 Å². The Kier molecular flexibility index (Phi) is 4.79. The highest BCUT2D eigenvalue weighted by molar-refractivity contribution is 9.10. The van der Waals surface area contributed by atoms with Crippen molar-refractivity contribution in [1.82, 2.24) is 5.32 Å². The van der Waals surface area contributed by atoms with Crippen LogP contribution in [0.15, 0.2) is 21.6 Å². The number of halogens is 1. The highest BCUT2D eigenvalue weighted by Gasteiger charge is 2.22. The molecule has 1 fully saturated rings. The predicted octanol–water partition coefficient (Wildman–Crippen LogP) is 3.99. The van der Waals surface area contributed by atoms with Gasteiger partial charge in [0.25, 0.3) is 0 Å². The van der Waals surface area contributed by atoms with Crippen molar-refractivity contribution in [3.8, 4) is 5.75 Å². The number of hydrogen-bond acceptors (Lipinski definition) is 3. The van der Waals surface area contributed by atoms with Crippen molar-refractivity contribution >= 4 is 32.9 Å². The van der Waals surface area contributed by atoms with Crippen LogP contribution in [0.3, 0.4) is 0 Å². The molecule has 2 aliphatic rings. The van der Waals surface area contributed by atoms with Crippen molar-refractivity contribution in [3.05, 3.63) is 27.7 Å². The summed E-state index contributed by atoms with van der Waals surface area (Å²) in [5.74, 6) is 2.90. The quantitative estimate of drug-likeness (QED) is 0.871. The Labute approximate surface area is 139 Å². The molecule has 1 aromatic carbocycles. The Bertz CT molecular complexity index is 559. The minimum absolute atomic E-state index is 0.568. The van der Waals surface area contributed by atoms with E-state index in [9.17, 15) is 0 Å². The summed E-state index contributed by atoms with van der Waals surface area (Å²) < 4.78 is 6.87. The molecular weight excluding hydrogens is 348 g/mol. The van der Waals surface area contributed by atoms with Crippen molar-refractivity contribution in [1.29, 1.82) is 0 Å². The van der Waals surface area contributed by atoms with Gasteiger partial charge in [0.15, 0.2) is 5.17 Å². The molecule has 3 nitrogen and oxygen atoms in total. The first-order valence-corrected chi connectivity index (χ1v) is 9.27. The summed E-state index contributed by atoms with van der Waals surface area (Å²) in [4.78, 5) is 4.74. The first kappa shape index (κ1) is 15.2. The van der Waals surface area contributed by atoms with Crippen molar-refractivity contribution in [3.63, 3.8) is 0 Å². The fourth-order valence-corrected chi connectivity index (χ4v) is 4.38. The average molecular weight is 369 g/mol. The minimum Gasteiger partial charge on any atom is -0.493 e. The standard InChI is InChI=1S/C16H21BrN2OS/c1-10(2)5-14-9-21-16(19-14)18-8-12-7-13(17)6-11-3-4-20-15(11)12/h6-7,10,14H,3-5,8-9H2,1-2H3,(H,18,19). The zero-order valence-corrected chi connectivity index (χ0v) is 14.9. The molecule has 1 atom stereocenters. The summed E-state index contributed by atoms with van der Waals surface area (Å²) in [6.07, 6.45) is 2.21. The largest absolute Gasteiger partial charge is 0.493 e. The van der Waals surface area contributed by atoms with E-state index in [1.165, 1.54) is 17.5 Å². The lowest BCUT2D eigenvalue weighted by Gasteiger charge is -2.12. The van der Waals surface area contributed by atoms with Gasteiger partial charge in [-0.2, -0.15) is 0 Å². The second-order valence-corrected chi connectivity index (χ2v) is 7.98. The molecule has 0 bridgehead atoms. The number of fused-ring (bicyclic) bond motifs is 1. The maximum atomic E-state index is 5.76. The van der Waals surface area contributed by atoms with Crippen LogP contribution in [-0.2, 0) is 13.0 Å². The molecular formula is C16H21BrN2OS. The van der Waals surface area contributed by atoms with E-state index in [4.69, 9.17) is 9.73 Å². The molecule has 1 saturated heterocycles. The molecule has 3 rings (SSSR count). The predicted molar refractivity (Wildman–Crippen MR) is 93.3 cm³/mol. The number of nitrogens with zero attached hydrogens (tertiary/aromatic N) is 1. The van der Waals surface area contributed by atoms with E-state index >= 15 is 0 Å². The maximum absolute atomic E-state index is 5.76. The van der Waals surface area contributed by atoms with Crippen LogP contribution in [0.5, 0.6) is 5.75 Å². The summed E-state index contributed by atoms with van der Waals surface area (Å²) >= 11 is 5.42. The van der Waals surface area contributed by atoms with Crippen LogP contribution in [0.25, 0.3) is 0 Å². The second-order valence-electron chi connectivity index (χ2n) is 6.05. The number of rotatable bonds is 4. The fraction of sp³-hybridized carbons (Fsp3) is 0.562. The molecule has 1 aromatic rings. The summed E-state index contributed by atoms with van der Waals surface area (Å²) in [5, 5.41) is 4.61. The van der Waals surface area contributed by atoms with Gasteiger partial charge in [0.05, 0.1) is 13.2 Å². The van der Waals surface area contributed by atoms with Gasteiger partial charge in [-0.1, -0.05) is 41.5 Å². The molecule has 2 heterocycles. The highest BCUT2D eigenvalue weighted by Crippen LogP contribution is 2.33. The number of thioether (sulfide) groups is 1. The zero-order valence-electron chi connectivity index (χ0n) is 12.5. The first-order valence-electron chi connectivity index (χ1n) is 7.49. The molecule has 0 saturated carbocycles. The first-order chi connectivity index (χ1) is 10.1. The average Bonchev–Trinajstić information content (AvgIpc) is 3.04. The molecule has 21 heavy (non-hydrogen) atoms. The second kappa shape index (κ2) is 6.61. The highest BCUT2D eigenvalue weighted by atomic mass is 79.9. The Morgan fingerprint density at radius 2 is 2.33 bits per heavy atom. The number of hydrogen-bond donors (Lipinski definition) is 1. The Balaban J connectivity index is 1.67. The molecule has 0 aromatic heterocycles. The fourth-order valence-electron chi connectivity index (χ4n) is 2.85. The topological polar surface area (TPSA) is 33.6 Å². The van der Waals surface area contributed by atoms with Crippen molar-refractivity contribution in [2.45, 2.75) is 39.3 Å². The van der Waals surface area contributed by atoms with Crippen molar-refractivity contribution in [2.24, 2.45) is 10.9 Å². The smallest absolute Gasteiger partial charge is 0.157 e. The molecule has 0 radical (unpaired) electrons. The Morgan fingerprint density at radius 3 is 3.14 bits per heavy atom. The number of nitrogens with one attached hydrogen (secondary N) is 1. The molecule has 1 unspecified atom stereocenters. The number of aliphatic imine (C=N–C) groups is 1. The van der Waals surface area contributed by atoms with E-state index in [0.717, 1.165) is 40.1 Å². The Morgan fingerprint density at radius 1 is 1.48 bits per heavy atom. The SMILES string of the molecule is CC(C)CC1CSC(=NCc2cc(Br)cc3c2OCC3)N1. The Hall–Kier alpha value is -0.680. The van der Waals surface area contributed by atoms with Gasteiger partial charge in [0, 0.05) is 28.3 Å². The van der Waals surface area contributed by atoms with E-state index in [-0.39, 0.29) is 0 Å². The van der Waals surface area contributed by atoms with Gasteiger partial charge in [0.2, 0.25) is 0 Å². The molecule has 114 valence electrons. The van der Waals surface area contributed by atoms with Gasteiger partial charge in [-0.05, 0) is 30.0 Å². The maximum Gasteiger partial charge on any atom is 0.157 e. The van der Waals surface area contributed by atoms with Crippen LogP contribution < -0.4 is 10.1 Å². The molecule has 2 aliphatic heterocycles. The van der Waals surface area contributed by atoms with E-state index in [2.05, 4.69) is 47.2 Å². The summed E-state index contributed by atoms with van der Waals surface area (Å²) in [6, 6.07) is 4.85. The third kappa shape index (κ3) is 3.75. The number of ether oxygens (including phenoxy) is 1. The van der Waals surface area contributed by atoms with Gasteiger partial charge in [0.1, 0.15) is 5.75 Å². The summed E-state index contributed by atoms with van der Waals surface area (Å²) in [7, 11) is 0. The van der Waals surface area contributed by atoms with Gasteiger partial charge in [-0.3, -0.25) is 4.99 Å². The molecule has 0 spiro atoms. The third-order valence-electron chi connectivity index (χ3n) is 3.72. The van der Waals surface area contributed by atoms with Crippen LogP contribution in [0.2, 0.25) is 0 Å².